The molecule has 6 nitrogen and oxygen atoms in total. The number of hydrogen-bond donors (Lipinski definition) is 2. The molecule has 2 saturated carbocycles. The van der Waals surface area contributed by atoms with Crippen molar-refractivity contribution in [2.45, 2.75) is 64.3 Å². The average Bonchev–Trinajstić information content (AvgIpc) is 2.96. The molecule has 0 amide bonds. The second-order valence-corrected chi connectivity index (χ2v) is 8.22. The third-order valence-electron chi connectivity index (χ3n) is 6.67. The summed E-state index contributed by atoms with van der Waals surface area (Å²) < 4.78 is 11.1. The van der Waals surface area contributed by atoms with E-state index in [2.05, 4.69) is 6.58 Å². The van der Waals surface area contributed by atoms with Gasteiger partial charge in [0, 0.05) is 11.5 Å². The van der Waals surface area contributed by atoms with Crippen LogP contribution in [0.25, 0.3) is 0 Å². The summed E-state index contributed by atoms with van der Waals surface area (Å²) in [5.74, 6) is -1.58. The van der Waals surface area contributed by atoms with Gasteiger partial charge in [0.2, 0.25) is 0 Å². The minimum atomic E-state index is -1.26. The average molecular weight is 352 g/mol. The van der Waals surface area contributed by atoms with Gasteiger partial charge >= 0.3 is 11.9 Å². The van der Waals surface area contributed by atoms with E-state index in [0.29, 0.717) is 31.3 Å². The maximum atomic E-state index is 12.1. The van der Waals surface area contributed by atoms with Crippen LogP contribution in [0.15, 0.2) is 12.2 Å². The Bertz CT molecular complexity index is 599. The third kappa shape index (κ3) is 2.45. The number of fused-ring (bicyclic) bond motifs is 3. The SMILES string of the molecule is C=C1C(=O)OC2C1CCC(C)C1(O)CCC(O)C21COC(=O)C(C)C. The third-order valence-corrected chi connectivity index (χ3v) is 6.67. The summed E-state index contributed by atoms with van der Waals surface area (Å²) in [6, 6.07) is 0. The molecule has 1 saturated heterocycles. The Balaban J connectivity index is 2.06. The summed E-state index contributed by atoms with van der Waals surface area (Å²) in [4.78, 5) is 24.2. The molecule has 2 aliphatic carbocycles. The number of carbonyl (C=O) groups excluding carboxylic acids is 2. The highest BCUT2D eigenvalue weighted by atomic mass is 16.6. The molecule has 1 heterocycles. The quantitative estimate of drug-likeness (QED) is 0.592. The number of esters is 2. The monoisotopic (exact) mass is 352 g/mol. The predicted octanol–water partition coefficient (Wildman–Crippen LogP) is 1.59. The van der Waals surface area contributed by atoms with E-state index in [0.717, 1.165) is 0 Å². The molecule has 0 aromatic carbocycles. The molecular weight excluding hydrogens is 324 g/mol. The molecule has 0 spiro atoms. The van der Waals surface area contributed by atoms with Crippen LogP contribution in [0, 0.1) is 23.2 Å². The molecule has 6 atom stereocenters. The molecule has 0 bridgehead atoms. The van der Waals surface area contributed by atoms with E-state index in [1.807, 2.05) is 6.92 Å². The van der Waals surface area contributed by atoms with Crippen LogP contribution >= 0.6 is 0 Å². The lowest BCUT2D eigenvalue weighted by molar-refractivity contribution is -0.212. The maximum absolute atomic E-state index is 12.1. The van der Waals surface area contributed by atoms with Crippen molar-refractivity contribution in [1.29, 1.82) is 0 Å². The van der Waals surface area contributed by atoms with Crippen LogP contribution in [0.5, 0.6) is 0 Å². The largest absolute Gasteiger partial charge is 0.465 e. The van der Waals surface area contributed by atoms with Gasteiger partial charge in [-0.25, -0.2) is 4.79 Å². The molecule has 1 aliphatic heterocycles. The number of aliphatic hydroxyl groups excluding tert-OH is 1. The normalized spacial score (nSPS) is 43.4. The minimum Gasteiger partial charge on any atom is -0.465 e. The predicted molar refractivity (Wildman–Crippen MR) is 89.3 cm³/mol. The minimum absolute atomic E-state index is 0.112. The van der Waals surface area contributed by atoms with E-state index in [1.54, 1.807) is 13.8 Å². The molecule has 6 heteroatoms. The first kappa shape index (κ1) is 18.4. The van der Waals surface area contributed by atoms with Gasteiger partial charge in [-0.15, -0.1) is 0 Å². The van der Waals surface area contributed by atoms with Crippen LogP contribution in [0.2, 0.25) is 0 Å². The Kier molecular flexibility index (Phi) is 4.48. The summed E-state index contributed by atoms with van der Waals surface area (Å²) >= 11 is 0. The zero-order chi connectivity index (χ0) is 18.6. The fraction of sp³-hybridized carbons (Fsp3) is 0.789. The first-order chi connectivity index (χ1) is 11.6. The Morgan fingerprint density at radius 1 is 1.40 bits per heavy atom. The first-order valence-electron chi connectivity index (χ1n) is 9.12. The van der Waals surface area contributed by atoms with Gasteiger partial charge in [-0.1, -0.05) is 27.4 Å². The van der Waals surface area contributed by atoms with Gasteiger partial charge in [-0.3, -0.25) is 4.79 Å². The van der Waals surface area contributed by atoms with Gasteiger partial charge in [-0.2, -0.15) is 0 Å². The van der Waals surface area contributed by atoms with Gasteiger partial charge in [0.1, 0.15) is 12.7 Å². The summed E-state index contributed by atoms with van der Waals surface area (Å²) in [6.07, 6.45) is 0.490. The number of ether oxygens (including phenoxy) is 2. The zero-order valence-corrected chi connectivity index (χ0v) is 15.2. The van der Waals surface area contributed by atoms with E-state index in [4.69, 9.17) is 9.47 Å². The topological polar surface area (TPSA) is 93.1 Å². The summed E-state index contributed by atoms with van der Waals surface area (Å²) in [5.41, 5.74) is -2.09. The molecule has 3 fully saturated rings. The van der Waals surface area contributed by atoms with E-state index in [9.17, 15) is 19.8 Å². The second kappa shape index (κ2) is 6.09. The Morgan fingerprint density at radius 2 is 2.08 bits per heavy atom. The van der Waals surface area contributed by atoms with Crippen molar-refractivity contribution >= 4 is 11.9 Å². The fourth-order valence-electron chi connectivity index (χ4n) is 5.00. The summed E-state index contributed by atoms with van der Waals surface area (Å²) in [6.45, 7) is 9.10. The molecule has 2 N–H and O–H groups in total. The molecular formula is C19H28O6. The molecule has 140 valence electrons. The van der Waals surface area contributed by atoms with Crippen LogP contribution in [0.1, 0.15) is 46.5 Å². The van der Waals surface area contributed by atoms with Crippen molar-refractivity contribution < 1.29 is 29.3 Å². The number of rotatable bonds is 3. The molecule has 0 aromatic rings. The highest BCUT2D eigenvalue weighted by Crippen LogP contribution is 2.60. The lowest BCUT2D eigenvalue weighted by Crippen LogP contribution is -2.62. The molecule has 0 aromatic heterocycles. The highest BCUT2D eigenvalue weighted by Gasteiger charge is 2.71. The van der Waals surface area contributed by atoms with E-state index >= 15 is 0 Å². The molecule has 3 rings (SSSR count). The van der Waals surface area contributed by atoms with Crippen LogP contribution in [-0.4, -0.2) is 46.6 Å². The van der Waals surface area contributed by atoms with Crippen LogP contribution < -0.4 is 0 Å². The smallest absolute Gasteiger partial charge is 0.334 e. The second-order valence-electron chi connectivity index (χ2n) is 8.22. The van der Waals surface area contributed by atoms with Gasteiger partial charge < -0.3 is 19.7 Å². The Labute approximate surface area is 148 Å². The lowest BCUT2D eigenvalue weighted by Gasteiger charge is -2.48. The number of hydrogen-bond acceptors (Lipinski definition) is 6. The molecule has 25 heavy (non-hydrogen) atoms. The van der Waals surface area contributed by atoms with Gasteiger partial charge in [0.25, 0.3) is 0 Å². The van der Waals surface area contributed by atoms with Crippen molar-refractivity contribution in [3.05, 3.63) is 12.2 Å². The highest BCUT2D eigenvalue weighted by molar-refractivity contribution is 5.91. The van der Waals surface area contributed by atoms with Crippen molar-refractivity contribution in [2.75, 3.05) is 6.61 Å². The Morgan fingerprint density at radius 3 is 2.72 bits per heavy atom. The van der Waals surface area contributed by atoms with Crippen molar-refractivity contribution in [3.8, 4) is 0 Å². The van der Waals surface area contributed by atoms with Crippen molar-refractivity contribution in [1.82, 2.24) is 0 Å². The van der Waals surface area contributed by atoms with Crippen LogP contribution in [0.3, 0.4) is 0 Å². The molecule has 6 unspecified atom stereocenters. The maximum Gasteiger partial charge on any atom is 0.334 e. The molecule has 0 radical (unpaired) electrons. The van der Waals surface area contributed by atoms with Gasteiger partial charge in [0.05, 0.1) is 23.0 Å². The fourth-order valence-corrected chi connectivity index (χ4v) is 5.00. The van der Waals surface area contributed by atoms with E-state index < -0.39 is 35.2 Å². The Hall–Kier alpha value is -1.40. The summed E-state index contributed by atoms with van der Waals surface area (Å²) in [7, 11) is 0. The summed E-state index contributed by atoms with van der Waals surface area (Å²) in [5, 5.41) is 22.5. The number of carbonyl (C=O) groups is 2. The molecule has 3 aliphatic rings. The van der Waals surface area contributed by atoms with Crippen LogP contribution in [0.4, 0.5) is 0 Å². The zero-order valence-electron chi connectivity index (χ0n) is 15.2. The van der Waals surface area contributed by atoms with Crippen molar-refractivity contribution in [2.24, 2.45) is 23.2 Å². The first-order valence-corrected chi connectivity index (χ1v) is 9.12. The number of aliphatic hydroxyl groups is 2. The van der Waals surface area contributed by atoms with Crippen molar-refractivity contribution in [3.63, 3.8) is 0 Å². The lowest BCUT2D eigenvalue weighted by atomic mass is 9.64. The van der Waals surface area contributed by atoms with Crippen LogP contribution in [-0.2, 0) is 19.1 Å². The van der Waals surface area contributed by atoms with Gasteiger partial charge in [0.15, 0.2) is 0 Å². The van der Waals surface area contributed by atoms with E-state index in [1.165, 1.54) is 0 Å². The van der Waals surface area contributed by atoms with E-state index in [-0.39, 0.29) is 24.4 Å². The van der Waals surface area contributed by atoms with Gasteiger partial charge in [-0.05, 0) is 31.6 Å². The standard InChI is InChI=1S/C19H28O6/c1-10(2)16(21)24-9-18-14(20)7-8-19(18,23)11(3)5-6-13-12(4)17(22)25-15(13)18/h10-11,13-15,20,23H,4-9H2,1-3H3.